The van der Waals surface area contributed by atoms with E-state index in [-0.39, 0.29) is 12.0 Å². The molecule has 20 heavy (non-hydrogen) atoms. The molecule has 3 heteroatoms. The van der Waals surface area contributed by atoms with Crippen LogP contribution in [0.25, 0.3) is 0 Å². The molecular formula is C17H25NO2. The average Bonchev–Trinajstić information content (AvgIpc) is 2.46. The van der Waals surface area contributed by atoms with Crippen molar-refractivity contribution in [3.05, 3.63) is 35.4 Å². The molecule has 1 aliphatic carbocycles. The Morgan fingerprint density at radius 1 is 1.30 bits per heavy atom. The molecule has 1 aromatic rings. The third-order valence-electron chi connectivity index (χ3n) is 4.06. The van der Waals surface area contributed by atoms with Crippen LogP contribution in [-0.4, -0.2) is 23.7 Å². The fraction of sp³-hybridized carbons (Fsp3) is 0.588. The Bertz CT molecular complexity index is 427. The molecule has 1 saturated carbocycles. The molecule has 0 saturated heterocycles. The zero-order valence-corrected chi connectivity index (χ0v) is 12.3. The normalized spacial score (nSPS) is 22.5. The number of carbonyl (C=O) groups excluding carboxylic acids is 1. The Morgan fingerprint density at radius 2 is 2.05 bits per heavy atom. The fourth-order valence-corrected chi connectivity index (χ4v) is 2.90. The predicted octanol–water partition coefficient (Wildman–Crippen LogP) is 2.92. The van der Waals surface area contributed by atoms with Crippen molar-refractivity contribution < 1.29 is 9.90 Å². The maximum Gasteiger partial charge on any atom is 0.251 e. The van der Waals surface area contributed by atoms with Gasteiger partial charge in [-0.05, 0) is 49.3 Å². The maximum absolute atomic E-state index is 12.1. The van der Waals surface area contributed by atoms with E-state index in [0.29, 0.717) is 12.5 Å². The van der Waals surface area contributed by atoms with Crippen LogP contribution >= 0.6 is 0 Å². The number of aryl methyl sites for hydroxylation is 1. The Labute approximate surface area is 121 Å². The second kappa shape index (κ2) is 7.44. The van der Waals surface area contributed by atoms with Crippen molar-refractivity contribution in [3.63, 3.8) is 0 Å². The van der Waals surface area contributed by atoms with Crippen molar-refractivity contribution in [1.82, 2.24) is 5.32 Å². The van der Waals surface area contributed by atoms with Gasteiger partial charge in [0.2, 0.25) is 0 Å². The third-order valence-corrected chi connectivity index (χ3v) is 4.06. The lowest BCUT2D eigenvalue weighted by Crippen LogP contribution is -2.32. The van der Waals surface area contributed by atoms with Gasteiger partial charge in [-0.2, -0.15) is 0 Å². The largest absolute Gasteiger partial charge is 0.393 e. The van der Waals surface area contributed by atoms with Crippen LogP contribution in [0.2, 0.25) is 0 Å². The molecule has 1 fully saturated rings. The first kappa shape index (κ1) is 15.0. The summed E-state index contributed by atoms with van der Waals surface area (Å²) in [6, 6.07) is 7.86. The van der Waals surface area contributed by atoms with Crippen LogP contribution in [0.1, 0.15) is 54.9 Å². The van der Waals surface area contributed by atoms with E-state index in [1.54, 1.807) is 0 Å². The average molecular weight is 275 g/mol. The van der Waals surface area contributed by atoms with Crippen LogP contribution in [0, 0.1) is 5.92 Å². The number of rotatable bonds is 5. The quantitative estimate of drug-likeness (QED) is 0.868. The minimum absolute atomic E-state index is 0.00638. The van der Waals surface area contributed by atoms with Gasteiger partial charge in [-0.3, -0.25) is 4.79 Å². The van der Waals surface area contributed by atoms with Gasteiger partial charge in [0.05, 0.1) is 6.10 Å². The summed E-state index contributed by atoms with van der Waals surface area (Å²) in [7, 11) is 0. The van der Waals surface area contributed by atoms with Gasteiger partial charge >= 0.3 is 0 Å². The monoisotopic (exact) mass is 275 g/mol. The smallest absolute Gasteiger partial charge is 0.251 e. The summed E-state index contributed by atoms with van der Waals surface area (Å²) in [5.74, 6) is 0.412. The molecule has 1 aliphatic rings. The Morgan fingerprint density at radius 3 is 2.70 bits per heavy atom. The van der Waals surface area contributed by atoms with Gasteiger partial charge in [0.1, 0.15) is 0 Å². The molecule has 0 heterocycles. The summed E-state index contributed by atoms with van der Waals surface area (Å²) in [4.78, 5) is 12.1. The summed E-state index contributed by atoms with van der Waals surface area (Å²) in [6.07, 6.45) is 5.88. The molecule has 2 N–H and O–H groups in total. The Hall–Kier alpha value is -1.35. The topological polar surface area (TPSA) is 49.3 Å². The highest BCUT2D eigenvalue weighted by molar-refractivity contribution is 5.94. The van der Waals surface area contributed by atoms with Crippen LogP contribution in [0.15, 0.2) is 24.3 Å². The Kier molecular flexibility index (Phi) is 5.60. The van der Waals surface area contributed by atoms with Crippen molar-refractivity contribution >= 4 is 5.91 Å². The molecule has 0 aromatic heterocycles. The van der Waals surface area contributed by atoms with E-state index in [0.717, 1.165) is 44.1 Å². The second-order valence-electron chi connectivity index (χ2n) is 5.84. The number of amides is 1. The first-order valence-corrected chi connectivity index (χ1v) is 7.74. The van der Waals surface area contributed by atoms with Gasteiger partial charge in [0, 0.05) is 12.1 Å². The van der Waals surface area contributed by atoms with E-state index in [4.69, 9.17) is 0 Å². The molecule has 0 aliphatic heterocycles. The van der Waals surface area contributed by atoms with Gasteiger partial charge in [0.15, 0.2) is 0 Å². The number of nitrogens with one attached hydrogen (secondary N) is 1. The zero-order valence-electron chi connectivity index (χ0n) is 12.3. The number of hydrogen-bond donors (Lipinski definition) is 2. The second-order valence-corrected chi connectivity index (χ2v) is 5.84. The molecule has 2 rings (SSSR count). The molecule has 0 bridgehead atoms. The summed E-state index contributed by atoms with van der Waals surface area (Å²) < 4.78 is 0. The van der Waals surface area contributed by atoms with E-state index < -0.39 is 0 Å². The number of aliphatic hydroxyl groups excluding tert-OH is 1. The SMILES string of the molecule is CCCc1ccc(C(=O)NCC2CCCC(O)C2)cc1. The fourth-order valence-electron chi connectivity index (χ4n) is 2.90. The molecule has 1 amide bonds. The molecule has 3 nitrogen and oxygen atoms in total. The lowest BCUT2D eigenvalue weighted by atomic mass is 9.87. The number of carbonyl (C=O) groups is 1. The maximum atomic E-state index is 12.1. The van der Waals surface area contributed by atoms with E-state index >= 15 is 0 Å². The first-order chi connectivity index (χ1) is 9.69. The van der Waals surface area contributed by atoms with Crippen LogP contribution in [0.3, 0.4) is 0 Å². The third kappa shape index (κ3) is 4.34. The molecule has 0 radical (unpaired) electrons. The molecule has 110 valence electrons. The first-order valence-electron chi connectivity index (χ1n) is 7.74. The van der Waals surface area contributed by atoms with Gasteiger partial charge in [-0.1, -0.05) is 31.9 Å². The minimum atomic E-state index is -0.182. The van der Waals surface area contributed by atoms with Gasteiger partial charge in [-0.15, -0.1) is 0 Å². The van der Waals surface area contributed by atoms with Gasteiger partial charge in [-0.25, -0.2) is 0 Å². The lowest BCUT2D eigenvalue weighted by Gasteiger charge is -2.25. The van der Waals surface area contributed by atoms with Crippen molar-refractivity contribution in [2.24, 2.45) is 5.92 Å². The van der Waals surface area contributed by atoms with Crippen LogP contribution < -0.4 is 5.32 Å². The minimum Gasteiger partial charge on any atom is -0.393 e. The van der Waals surface area contributed by atoms with Crippen molar-refractivity contribution in [2.45, 2.75) is 51.6 Å². The standard InChI is InChI=1S/C17H25NO2/c1-2-4-13-7-9-15(10-8-13)17(20)18-12-14-5-3-6-16(19)11-14/h7-10,14,16,19H,2-6,11-12H2,1H3,(H,18,20). The van der Waals surface area contributed by atoms with Crippen LogP contribution in [0.5, 0.6) is 0 Å². The lowest BCUT2D eigenvalue weighted by molar-refractivity contribution is 0.0874. The van der Waals surface area contributed by atoms with Crippen LogP contribution in [-0.2, 0) is 6.42 Å². The summed E-state index contributed by atoms with van der Waals surface area (Å²) in [5, 5.41) is 12.6. The zero-order chi connectivity index (χ0) is 14.4. The van der Waals surface area contributed by atoms with E-state index in [1.165, 1.54) is 5.56 Å². The molecule has 0 spiro atoms. The summed E-state index contributed by atoms with van der Waals surface area (Å²) >= 11 is 0. The number of aliphatic hydroxyl groups is 1. The number of hydrogen-bond acceptors (Lipinski definition) is 2. The predicted molar refractivity (Wildman–Crippen MR) is 80.7 cm³/mol. The van der Waals surface area contributed by atoms with Crippen molar-refractivity contribution in [1.29, 1.82) is 0 Å². The van der Waals surface area contributed by atoms with E-state index in [2.05, 4.69) is 12.2 Å². The van der Waals surface area contributed by atoms with Gasteiger partial charge in [0.25, 0.3) is 5.91 Å². The molecule has 2 atom stereocenters. The molecule has 1 aromatic carbocycles. The van der Waals surface area contributed by atoms with E-state index in [9.17, 15) is 9.90 Å². The highest BCUT2D eigenvalue weighted by Gasteiger charge is 2.20. The van der Waals surface area contributed by atoms with Crippen molar-refractivity contribution in [2.75, 3.05) is 6.54 Å². The summed E-state index contributed by atoms with van der Waals surface area (Å²) in [5.41, 5.74) is 2.00. The Balaban J connectivity index is 1.82. The van der Waals surface area contributed by atoms with Crippen LogP contribution in [0.4, 0.5) is 0 Å². The summed E-state index contributed by atoms with van der Waals surface area (Å²) in [6.45, 7) is 2.83. The highest BCUT2D eigenvalue weighted by Crippen LogP contribution is 2.23. The molecule has 2 unspecified atom stereocenters. The van der Waals surface area contributed by atoms with Gasteiger partial charge < -0.3 is 10.4 Å². The van der Waals surface area contributed by atoms with Crippen molar-refractivity contribution in [3.8, 4) is 0 Å². The molecular weight excluding hydrogens is 250 g/mol. The number of benzene rings is 1. The van der Waals surface area contributed by atoms with E-state index in [1.807, 2.05) is 24.3 Å². The highest BCUT2D eigenvalue weighted by atomic mass is 16.3.